The first kappa shape index (κ1) is 23.3. The number of sulfonamides is 1. The van der Waals surface area contributed by atoms with Crippen LogP contribution in [0.1, 0.15) is 12.0 Å². The topological polar surface area (TPSA) is 74.8 Å². The van der Waals surface area contributed by atoms with Crippen LogP contribution in [0.4, 0.5) is 10.1 Å². The van der Waals surface area contributed by atoms with Gasteiger partial charge in [0, 0.05) is 11.0 Å². The predicted molar refractivity (Wildman–Crippen MR) is 125 cm³/mol. The van der Waals surface area contributed by atoms with E-state index in [9.17, 15) is 22.4 Å². The SMILES string of the molecule is O=C1CC(N(CCc2ccccc2)S(=O)(=O)c2ccc(F)cc2)C(=O)N1c1ccc(Br)cc1. The van der Waals surface area contributed by atoms with Gasteiger partial charge in [-0.15, -0.1) is 0 Å². The third-order valence-corrected chi connectivity index (χ3v) is 7.89. The van der Waals surface area contributed by atoms with Gasteiger partial charge in [0.25, 0.3) is 5.91 Å². The van der Waals surface area contributed by atoms with Gasteiger partial charge in [-0.05, 0) is 60.5 Å². The second-order valence-electron chi connectivity index (χ2n) is 7.57. The van der Waals surface area contributed by atoms with Gasteiger partial charge in [-0.1, -0.05) is 46.3 Å². The van der Waals surface area contributed by atoms with E-state index in [0.717, 1.165) is 43.5 Å². The fraction of sp³-hybridized carbons (Fsp3) is 0.167. The Labute approximate surface area is 199 Å². The van der Waals surface area contributed by atoms with E-state index in [2.05, 4.69) is 15.9 Å². The van der Waals surface area contributed by atoms with Crippen molar-refractivity contribution in [2.45, 2.75) is 23.8 Å². The second kappa shape index (κ2) is 9.54. The van der Waals surface area contributed by atoms with Crippen LogP contribution >= 0.6 is 15.9 Å². The molecule has 1 unspecified atom stereocenters. The number of amides is 2. The molecule has 4 rings (SSSR count). The highest BCUT2D eigenvalue weighted by atomic mass is 79.9. The molecule has 3 aromatic rings. The Morgan fingerprint density at radius 2 is 1.58 bits per heavy atom. The zero-order chi connectivity index (χ0) is 23.6. The Balaban J connectivity index is 1.69. The fourth-order valence-corrected chi connectivity index (χ4v) is 5.62. The van der Waals surface area contributed by atoms with E-state index in [4.69, 9.17) is 0 Å². The van der Waals surface area contributed by atoms with Crippen molar-refractivity contribution in [2.24, 2.45) is 0 Å². The van der Waals surface area contributed by atoms with Gasteiger partial charge in [0.15, 0.2) is 0 Å². The van der Waals surface area contributed by atoms with E-state index < -0.39 is 33.7 Å². The lowest BCUT2D eigenvalue weighted by Gasteiger charge is -2.27. The van der Waals surface area contributed by atoms with E-state index in [1.165, 1.54) is 0 Å². The molecule has 3 aromatic carbocycles. The third kappa shape index (κ3) is 4.90. The summed E-state index contributed by atoms with van der Waals surface area (Å²) in [6, 6.07) is 19.1. The Hall–Kier alpha value is -2.88. The number of anilines is 1. The Bertz CT molecular complexity index is 1270. The minimum atomic E-state index is -4.18. The molecule has 9 heteroatoms. The summed E-state index contributed by atoms with van der Waals surface area (Å²) in [5.74, 6) is -1.66. The average molecular weight is 531 g/mol. The van der Waals surface area contributed by atoms with Gasteiger partial charge in [-0.25, -0.2) is 17.7 Å². The molecular weight excluding hydrogens is 511 g/mol. The lowest BCUT2D eigenvalue weighted by molar-refractivity contribution is -0.122. The molecule has 6 nitrogen and oxygen atoms in total. The van der Waals surface area contributed by atoms with Gasteiger partial charge < -0.3 is 0 Å². The number of nitrogens with zero attached hydrogens (tertiary/aromatic N) is 2. The number of hydrogen-bond donors (Lipinski definition) is 0. The number of imide groups is 1. The summed E-state index contributed by atoms with van der Waals surface area (Å²) < 4.78 is 42.3. The smallest absolute Gasteiger partial charge is 0.252 e. The summed E-state index contributed by atoms with van der Waals surface area (Å²) in [6.45, 7) is -0.0123. The molecule has 1 atom stereocenters. The van der Waals surface area contributed by atoms with E-state index in [1.54, 1.807) is 24.3 Å². The monoisotopic (exact) mass is 530 g/mol. The minimum absolute atomic E-state index is 0.0123. The number of hydrogen-bond acceptors (Lipinski definition) is 4. The summed E-state index contributed by atoms with van der Waals surface area (Å²) in [5, 5.41) is 0. The van der Waals surface area contributed by atoms with Crippen molar-refractivity contribution < 1.29 is 22.4 Å². The van der Waals surface area contributed by atoms with Crippen molar-refractivity contribution in [3.8, 4) is 0 Å². The number of rotatable bonds is 7. The number of carbonyl (C=O) groups is 2. The predicted octanol–water partition coefficient (Wildman–Crippen LogP) is 4.15. The lowest BCUT2D eigenvalue weighted by atomic mass is 10.1. The van der Waals surface area contributed by atoms with Crippen LogP contribution in [0.3, 0.4) is 0 Å². The molecule has 0 bridgehead atoms. The van der Waals surface area contributed by atoms with Crippen molar-refractivity contribution >= 4 is 43.5 Å². The zero-order valence-electron chi connectivity index (χ0n) is 17.4. The molecule has 2 amide bonds. The first-order valence-corrected chi connectivity index (χ1v) is 12.4. The van der Waals surface area contributed by atoms with Crippen LogP contribution in [0, 0.1) is 5.82 Å². The average Bonchev–Trinajstić information content (AvgIpc) is 3.09. The van der Waals surface area contributed by atoms with Crippen LogP contribution in [-0.4, -0.2) is 37.1 Å². The lowest BCUT2D eigenvalue weighted by Crippen LogP contribution is -2.46. The summed E-state index contributed by atoms with van der Waals surface area (Å²) in [5.41, 5.74) is 1.26. The molecule has 0 aliphatic carbocycles. The normalized spacial score (nSPS) is 16.6. The maximum absolute atomic E-state index is 13.5. The molecule has 0 saturated carbocycles. The molecule has 170 valence electrons. The maximum atomic E-state index is 13.5. The van der Waals surface area contributed by atoms with Crippen LogP contribution in [0.2, 0.25) is 0 Å². The molecular formula is C24H20BrFN2O4S. The summed E-state index contributed by atoms with van der Waals surface area (Å²) >= 11 is 3.32. The molecule has 0 aromatic heterocycles. The summed E-state index contributed by atoms with van der Waals surface area (Å²) in [6.07, 6.45) is 0.0711. The Morgan fingerprint density at radius 3 is 2.21 bits per heavy atom. The highest BCUT2D eigenvalue weighted by molar-refractivity contribution is 9.10. The molecule has 1 heterocycles. The van der Waals surface area contributed by atoms with Crippen molar-refractivity contribution in [3.63, 3.8) is 0 Å². The molecule has 0 N–H and O–H groups in total. The molecule has 1 aliphatic heterocycles. The van der Waals surface area contributed by atoms with Gasteiger partial charge >= 0.3 is 0 Å². The maximum Gasteiger partial charge on any atom is 0.252 e. The first-order valence-electron chi connectivity index (χ1n) is 10.2. The number of carbonyl (C=O) groups excluding carboxylic acids is 2. The van der Waals surface area contributed by atoms with Crippen LogP contribution in [0.25, 0.3) is 0 Å². The van der Waals surface area contributed by atoms with Crippen molar-refractivity contribution in [1.29, 1.82) is 0 Å². The second-order valence-corrected chi connectivity index (χ2v) is 10.4. The van der Waals surface area contributed by atoms with Crippen LogP contribution in [0.15, 0.2) is 88.2 Å². The first-order chi connectivity index (χ1) is 15.8. The van der Waals surface area contributed by atoms with Crippen molar-refractivity contribution in [1.82, 2.24) is 4.31 Å². The van der Waals surface area contributed by atoms with Gasteiger partial charge in [-0.2, -0.15) is 4.31 Å². The number of benzene rings is 3. The highest BCUT2D eigenvalue weighted by Gasteiger charge is 2.46. The van der Waals surface area contributed by atoms with E-state index in [1.807, 2.05) is 30.3 Å². The molecule has 1 saturated heterocycles. The van der Waals surface area contributed by atoms with Gasteiger partial charge in [0.2, 0.25) is 15.9 Å². The molecule has 1 aliphatic rings. The highest BCUT2D eigenvalue weighted by Crippen LogP contribution is 2.30. The molecule has 1 fully saturated rings. The van der Waals surface area contributed by atoms with Crippen LogP contribution < -0.4 is 4.90 Å². The Kier molecular flexibility index (Phi) is 6.73. The standard InChI is InChI=1S/C24H20BrFN2O4S/c25-18-6-10-20(11-7-18)28-23(29)16-22(24(28)30)27(15-14-17-4-2-1-3-5-17)33(31,32)21-12-8-19(26)9-13-21/h1-13,22H,14-16H2. The van der Waals surface area contributed by atoms with Crippen LogP contribution in [0.5, 0.6) is 0 Å². The Morgan fingerprint density at radius 1 is 0.939 bits per heavy atom. The number of halogens is 2. The van der Waals surface area contributed by atoms with E-state index in [0.29, 0.717) is 12.1 Å². The van der Waals surface area contributed by atoms with Gasteiger partial charge in [-0.3, -0.25) is 9.59 Å². The van der Waals surface area contributed by atoms with Gasteiger partial charge in [0.05, 0.1) is 17.0 Å². The minimum Gasteiger partial charge on any atom is -0.274 e. The van der Waals surface area contributed by atoms with Gasteiger partial charge in [0.1, 0.15) is 11.9 Å². The van der Waals surface area contributed by atoms with Crippen LogP contribution in [-0.2, 0) is 26.0 Å². The zero-order valence-corrected chi connectivity index (χ0v) is 19.8. The summed E-state index contributed by atoms with van der Waals surface area (Å²) in [4.78, 5) is 27.0. The summed E-state index contributed by atoms with van der Waals surface area (Å²) in [7, 11) is -4.18. The van der Waals surface area contributed by atoms with Crippen molar-refractivity contribution in [3.05, 3.63) is 94.7 Å². The van der Waals surface area contributed by atoms with E-state index >= 15 is 0 Å². The molecule has 33 heavy (non-hydrogen) atoms. The fourth-order valence-electron chi connectivity index (χ4n) is 3.77. The van der Waals surface area contributed by atoms with Crippen molar-refractivity contribution in [2.75, 3.05) is 11.4 Å². The largest absolute Gasteiger partial charge is 0.274 e. The van der Waals surface area contributed by atoms with E-state index in [-0.39, 0.29) is 17.9 Å². The molecule has 0 spiro atoms. The molecule has 0 radical (unpaired) electrons. The quantitative estimate of drug-likeness (QED) is 0.430. The third-order valence-electron chi connectivity index (χ3n) is 5.44.